The molecule has 0 fully saturated rings. The molecule has 0 atom stereocenters. The highest BCUT2D eigenvalue weighted by Crippen LogP contribution is 2.29. The van der Waals surface area contributed by atoms with Gasteiger partial charge in [-0.2, -0.15) is 0 Å². The third kappa shape index (κ3) is 2.93. The minimum absolute atomic E-state index is 0.323. The minimum Gasteiger partial charge on any atom is -0.502 e. The molecule has 1 rings (SSSR count). The van der Waals surface area contributed by atoms with Crippen LogP contribution < -0.4 is 4.74 Å². The van der Waals surface area contributed by atoms with E-state index >= 15 is 0 Å². The fraction of sp³-hybridized carbons (Fsp3) is 0.333. The van der Waals surface area contributed by atoms with Crippen molar-refractivity contribution in [2.24, 2.45) is 0 Å². The van der Waals surface area contributed by atoms with Crippen molar-refractivity contribution in [2.45, 2.75) is 13.8 Å². The highest BCUT2D eigenvalue weighted by atomic mass is 16.6. The molecule has 0 heterocycles. The van der Waals surface area contributed by atoms with E-state index in [1.807, 2.05) is 13.8 Å². The highest BCUT2D eigenvalue weighted by Gasteiger charge is 2.12. The van der Waals surface area contributed by atoms with E-state index in [-0.39, 0.29) is 11.4 Å². The van der Waals surface area contributed by atoms with Gasteiger partial charge in [0.2, 0.25) is 0 Å². The van der Waals surface area contributed by atoms with Crippen LogP contribution >= 0.6 is 0 Å². The zero-order valence-corrected chi connectivity index (χ0v) is 8.35. The molecule has 0 bridgehead atoms. The van der Waals surface area contributed by atoms with Crippen LogP contribution in [0.15, 0.2) is 18.2 Å². The second kappa shape index (κ2) is 5.80. The van der Waals surface area contributed by atoms with Gasteiger partial charge in [0.25, 0.3) is 0 Å². The molecule has 0 aliphatic rings. The molecule has 5 nitrogen and oxygen atoms in total. The van der Waals surface area contributed by atoms with E-state index in [4.69, 9.17) is 9.84 Å². The Kier molecular flexibility index (Phi) is 5.06. The van der Waals surface area contributed by atoms with E-state index in [1.54, 1.807) is 0 Å². The number of nitro benzene ring substituents is 1. The molecule has 0 saturated carbocycles. The number of nitro groups is 1. The zero-order valence-electron chi connectivity index (χ0n) is 8.35. The molecule has 5 heteroatoms. The molecule has 14 heavy (non-hydrogen) atoms. The lowest BCUT2D eigenvalue weighted by Crippen LogP contribution is -1.89. The third-order valence-corrected chi connectivity index (χ3v) is 1.38. The monoisotopic (exact) mass is 199 g/mol. The quantitative estimate of drug-likeness (QED) is 0.586. The SMILES string of the molecule is CC.COc1ccc([N+](=O)[O-])c(O)c1. The van der Waals surface area contributed by atoms with Crippen molar-refractivity contribution in [3.05, 3.63) is 28.3 Å². The van der Waals surface area contributed by atoms with Gasteiger partial charge in [0.1, 0.15) is 5.75 Å². The van der Waals surface area contributed by atoms with Gasteiger partial charge in [-0.15, -0.1) is 0 Å². The molecule has 0 saturated heterocycles. The maximum Gasteiger partial charge on any atom is 0.310 e. The summed E-state index contributed by atoms with van der Waals surface area (Å²) in [6, 6.07) is 3.80. The first-order valence-corrected chi connectivity index (χ1v) is 4.16. The number of benzene rings is 1. The van der Waals surface area contributed by atoms with Crippen molar-refractivity contribution in [3.63, 3.8) is 0 Å². The number of hydrogen-bond acceptors (Lipinski definition) is 4. The van der Waals surface area contributed by atoms with Crippen molar-refractivity contribution >= 4 is 5.69 Å². The molecule has 0 amide bonds. The Morgan fingerprint density at radius 2 is 2.00 bits per heavy atom. The van der Waals surface area contributed by atoms with E-state index < -0.39 is 4.92 Å². The second-order valence-corrected chi connectivity index (χ2v) is 2.11. The molecule has 78 valence electrons. The number of aromatic hydroxyl groups is 1. The number of rotatable bonds is 2. The standard InChI is InChI=1S/C7H7NO4.C2H6/c1-12-5-2-3-6(8(10)11)7(9)4-5;1-2/h2-4,9H,1H3;1-2H3. The summed E-state index contributed by atoms with van der Waals surface area (Å²) in [5.74, 6) is -0.00236. The number of hydrogen-bond donors (Lipinski definition) is 1. The van der Waals surface area contributed by atoms with Gasteiger partial charge in [0.05, 0.1) is 12.0 Å². The summed E-state index contributed by atoms with van der Waals surface area (Å²) in [4.78, 5) is 9.57. The van der Waals surface area contributed by atoms with Gasteiger partial charge >= 0.3 is 5.69 Å². The number of ether oxygens (including phenoxy) is 1. The summed E-state index contributed by atoms with van der Waals surface area (Å²) >= 11 is 0. The summed E-state index contributed by atoms with van der Waals surface area (Å²) in [6.45, 7) is 4.00. The number of phenolic OH excluding ortho intramolecular Hbond substituents is 1. The lowest BCUT2D eigenvalue weighted by Gasteiger charge is -1.99. The van der Waals surface area contributed by atoms with Crippen LogP contribution in [0, 0.1) is 10.1 Å². The lowest BCUT2D eigenvalue weighted by atomic mass is 10.3. The molecule has 0 aromatic heterocycles. The molecule has 0 aliphatic carbocycles. The second-order valence-electron chi connectivity index (χ2n) is 2.11. The number of phenols is 1. The van der Waals surface area contributed by atoms with E-state index in [2.05, 4.69) is 0 Å². The molecule has 0 unspecified atom stereocenters. The molecule has 0 aliphatic heterocycles. The van der Waals surface area contributed by atoms with Crippen LogP contribution in [-0.4, -0.2) is 17.1 Å². The molecular formula is C9H13NO4. The Bertz CT molecular complexity index is 312. The first-order valence-electron chi connectivity index (χ1n) is 4.16. The predicted molar refractivity (Wildman–Crippen MR) is 52.7 cm³/mol. The first-order chi connectivity index (χ1) is 6.65. The number of methoxy groups -OCH3 is 1. The molecule has 1 aromatic rings. The van der Waals surface area contributed by atoms with Crippen molar-refractivity contribution in [3.8, 4) is 11.5 Å². The van der Waals surface area contributed by atoms with Crippen LogP contribution in [0.1, 0.15) is 13.8 Å². The van der Waals surface area contributed by atoms with Gasteiger partial charge in [0.15, 0.2) is 5.75 Å². The maximum atomic E-state index is 10.2. The van der Waals surface area contributed by atoms with Crippen LogP contribution in [0.3, 0.4) is 0 Å². The van der Waals surface area contributed by atoms with Crippen molar-refractivity contribution in [1.82, 2.24) is 0 Å². The van der Waals surface area contributed by atoms with Crippen molar-refractivity contribution in [1.29, 1.82) is 0 Å². The summed E-state index contributed by atoms with van der Waals surface area (Å²) in [5, 5.41) is 19.3. The molecule has 1 N–H and O–H groups in total. The molecule has 1 aromatic carbocycles. The van der Waals surface area contributed by atoms with Crippen LogP contribution in [0.5, 0.6) is 11.5 Å². The highest BCUT2D eigenvalue weighted by molar-refractivity contribution is 5.49. The minimum atomic E-state index is -0.658. The van der Waals surface area contributed by atoms with Gasteiger partial charge in [-0.1, -0.05) is 13.8 Å². The van der Waals surface area contributed by atoms with Crippen LogP contribution in [0.2, 0.25) is 0 Å². The largest absolute Gasteiger partial charge is 0.502 e. The summed E-state index contributed by atoms with van der Waals surface area (Å²) < 4.78 is 4.75. The van der Waals surface area contributed by atoms with Crippen LogP contribution in [-0.2, 0) is 0 Å². The molecular weight excluding hydrogens is 186 g/mol. The van der Waals surface area contributed by atoms with Crippen molar-refractivity contribution in [2.75, 3.05) is 7.11 Å². The van der Waals surface area contributed by atoms with E-state index in [0.717, 1.165) is 0 Å². The molecule has 0 radical (unpaired) electrons. The Morgan fingerprint density at radius 1 is 1.43 bits per heavy atom. The van der Waals surface area contributed by atoms with E-state index in [0.29, 0.717) is 5.75 Å². The average Bonchev–Trinajstić information content (AvgIpc) is 2.20. The fourth-order valence-corrected chi connectivity index (χ4v) is 0.785. The Morgan fingerprint density at radius 3 is 2.36 bits per heavy atom. The fourth-order valence-electron chi connectivity index (χ4n) is 0.785. The normalized spacial score (nSPS) is 8.50. The van der Waals surface area contributed by atoms with Crippen molar-refractivity contribution < 1.29 is 14.8 Å². The zero-order chi connectivity index (χ0) is 11.1. The summed E-state index contributed by atoms with van der Waals surface area (Å²) in [6.07, 6.45) is 0. The predicted octanol–water partition coefficient (Wildman–Crippen LogP) is 2.34. The van der Waals surface area contributed by atoms with E-state index in [1.165, 1.54) is 25.3 Å². The Hall–Kier alpha value is -1.78. The Labute approximate surface area is 82.1 Å². The van der Waals surface area contributed by atoms with Crippen LogP contribution in [0.4, 0.5) is 5.69 Å². The van der Waals surface area contributed by atoms with Gasteiger partial charge in [0, 0.05) is 12.1 Å². The van der Waals surface area contributed by atoms with E-state index in [9.17, 15) is 10.1 Å². The summed E-state index contributed by atoms with van der Waals surface area (Å²) in [5.41, 5.74) is -0.323. The smallest absolute Gasteiger partial charge is 0.310 e. The van der Waals surface area contributed by atoms with Gasteiger partial charge in [-0.05, 0) is 6.07 Å². The number of nitrogens with zero attached hydrogens (tertiary/aromatic N) is 1. The van der Waals surface area contributed by atoms with Gasteiger partial charge < -0.3 is 9.84 Å². The topological polar surface area (TPSA) is 72.6 Å². The maximum absolute atomic E-state index is 10.2. The molecule has 0 spiro atoms. The van der Waals surface area contributed by atoms with Gasteiger partial charge in [-0.3, -0.25) is 10.1 Å². The van der Waals surface area contributed by atoms with Gasteiger partial charge in [-0.25, -0.2) is 0 Å². The first kappa shape index (κ1) is 12.2. The summed E-state index contributed by atoms with van der Waals surface area (Å²) in [7, 11) is 1.42. The lowest BCUT2D eigenvalue weighted by molar-refractivity contribution is -0.385. The average molecular weight is 199 g/mol. The Balaban J connectivity index is 0.000000791. The van der Waals surface area contributed by atoms with Crippen LogP contribution in [0.25, 0.3) is 0 Å². The third-order valence-electron chi connectivity index (χ3n) is 1.38.